The van der Waals surface area contributed by atoms with Crippen molar-refractivity contribution >= 4 is 63.1 Å². The summed E-state index contributed by atoms with van der Waals surface area (Å²) >= 11 is 0. The van der Waals surface area contributed by atoms with Crippen molar-refractivity contribution in [2.75, 3.05) is 29.5 Å². The molecule has 294 valence electrons. The van der Waals surface area contributed by atoms with Crippen LogP contribution in [-0.4, -0.2) is 86.8 Å². The third kappa shape index (κ3) is 9.41. The fourth-order valence-corrected chi connectivity index (χ4v) is 8.73. The van der Waals surface area contributed by atoms with Crippen molar-refractivity contribution < 1.29 is 56.5 Å². The molecule has 0 atom stereocenters. The first-order chi connectivity index (χ1) is 25.3. The quantitative estimate of drug-likeness (QED) is 0.0988. The zero-order valence-electron chi connectivity index (χ0n) is 30.2. The molecule has 2 heterocycles. The van der Waals surface area contributed by atoms with Gasteiger partial charge in [0.15, 0.2) is 12.3 Å². The highest BCUT2D eigenvalue weighted by Gasteiger charge is 2.45. The van der Waals surface area contributed by atoms with Gasteiger partial charge in [-0.3, -0.25) is 18.2 Å². The van der Waals surface area contributed by atoms with E-state index >= 15 is 0 Å². The molecule has 0 fully saturated rings. The van der Waals surface area contributed by atoms with Gasteiger partial charge < -0.3 is 4.90 Å². The monoisotopic (exact) mass is 833 g/mol. The molecular weight excluding hydrogens is 793 g/mol. The lowest BCUT2D eigenvalue weighted by atomic mass is 9.81. The predicted octanol–water partition coefficient (Wildman–Crippen LogP) is 5.21. The molecule has 0 radical (unpaired) electrons. The smallest absolute Gasteiger partial charge is 0.294 e. The van der Waals surface area contributed by atoms with Crippen molar-refractivity contribution in [1.82, 2.24) is 0 Å². The van der Waals surface area contributed by atoms with Gasteiger partial charge in [0.2, 0.25) is 5.69 Å². The summed E-state index contributed by atoms with van der Waals surface area (Å²) in [4.78, 5) is 1.01. The number of hydrogen-bond acceptors (Lipinski definition) is 9. The Morgan fingerprint density at radius 3 is 1.87 bits per heavy atom. The van der Waals surface area contributed by atoms with Gasteiger partial charge in [0, 0.05) is 41.1 Å². The van der Waals surface area contributed by atoms with E-state index in [0.29, 0.717) is 39.5 Å². The van der Waals surface area contributed by atoms with Crippen LogP contribution in [0.3, 0.4) is 0 Å². The van der Waals surface area contributed by atoms with Crippen LogP contribution in [0.15, 0.2) is 119 Å². The van der Waals surface area contributed by atoms with Crippen LogP contribution in [0.4, 0.5) is 11.4 Å². The number of fused-ring (bicyclic) bond motifs is 2. The van der Waals surface area contributed by atoms with E-state index in [9.17, 15) is 51.9 Å². The molecule has 0 spiro atoms. The Morgan fingerprint density at radius 1 is 0.709 bits per heavy atom. The first kappa shape index (κ1) is 41.9. The van der Waals surface area contributed by atoms with Crippen LogP contribution in [0.25, 0.3) is 5.57 Å². The Balaban J connectivity index is 1.58. The summed E-state index contributed by atoms with van der Waals surface area (Å²) in [5.41, 5.74) is 2.94. The molecular formula is C37H41N2O12S4+. The van der Waals surface area contributed by atoms with Gasteiger partial charge in [0.1, 0.15) is 5.75 Å². The van der Waals surface area contributed by atoms with Crippen LogP contribution < -0.4 is 4.90 Å². The van der Waals surface area contributed by atoms with E-state index < -0.39 is 62.8 Å². The van der Waals surface area contributed by atoms with E-state index in [4.69, 9.17) is 0 Å². The molecule has 0 amide bonds. The number of nitrogens with zero attached hydrogens (tertiary/aromatic N) is 2. The van der Waals surface area contributed by atoms with Crippen LogP contribution in [0.2, 0.25) is 0 Å². The minimum absolute atomic E-state index is 0.152. The van der Waals surface area contributed by atoms with Crippen molar-refractivity contribution in [3.8, 4) is 0 Å². The van der Waals surface area contributed by atoms with Crippen LogP contribution in [0, 0.1) is 0 Å². The standard InChI is InChI=1S/C37H40N2O12S4/c1-36(2)30-24-28(54(46,47)48)16-18-32(30)38(20-22-52(40,41)42)34(36)14-8-12-27(26-10-6-5-7-11-26)13-9-15-35-37(3,4)31-25-29(55(49,50)51)17-19-33(31)39(35)21-23-53(43,44)45/h5-19,24-25H,20-23H2,1-4H3,(H3-,40,41,42,43,44,45,46,47,48,49,50,51)/p+1. The van der Waals surface area contributed by atoms with Crippen LogP contribution in [-0.2, 0) is 51.3 Å². The third-order valence-electron chi connectivity index (χ3n) is 9.63. The molecule has 0 aliphatic carbocycles. The highest BCUT2D eigenvalue weighted by Crippen LogP contribution is 2.48. The molecule has 14 nitrogen and oxygen atoms in total. The SMILES string of the molecule is CC1(C)C(/C=C/C=C(/C=C/C=C2/N(CCS(=O)(=O)O)c3ccc(S(=O)(=O)O)cc3C2(C)C)c2ccccc2)=[N+](CCS(=O)(=O)O)c2ccc(S(=O)(=O)O)cc21. The van der Waals surface area contributed by atoms with Crippen LogP contribution in [0.5, 0.6) is 0 Å². The van der Waals surface area contributed by atoms with Crippen LogP contribution in [0.1, 0.15) is 44.4 Å². The van der Waals surface area contributed by atoms with E-state index in [1.54, 1.807) is 45.9 Å². The molecule has 0 aromatic heterocycles. The first-order valence-electron chi connectivity index (χ1n) is 16.7. The van der Waals surface area contributed by atoms with Gasteiger partial charge in [-0.15, -0.1) is 0 Å². The zero-order valence-corrected chi connectivity index (χ0v) is 33.5. The lowest BCUT2D eigenvalue weighted by molar-refractivity contribution is -0.432. The Kier molecular flexibility index (Phi) is 11.4. The van der Waals surface area contributed by atoms with Crippen molar-refractivity contribution in [3.63, 3.8) is 0 Å². The van der Waals surface area contributed by atoms with Gasteiger partial charge in [0.05, 0.1) is 21.0 Å². The fourth-order valence-electron chi connectivity index (χ4n) is 6.89. The summed E-state index contributed by atoms with van der Waals surface area (Å²) in [6, 6.07) is 17.3. The summed E-state index contributed by atoms with van der Waals surface area (Å²) in [5, 5.41) is 0. The minimum atomic E-state index is -4.54. The molecule has 0 saturated heterocycles. The Morgan fingerprint density at radius 2 is 1.29 bits per heavy atom. The second-order valence-electron chi connectivity index (χ2n) is 14.1. The lowest BCUT2D eigenvalue weighted by Gasteiger charge is -2.26. The maximum absolute atomic E-state index is 12.0. The predicted molar refractivity (Wildman–Crippen MR) is 209 cm³/mol. The normalized spacial score (nSPS) is 18.1. The van der Waals surface area contributed by atoms with Gasteiger partial charge in [-0.25, -0.2) is 0 Å². The molecule has 2 aliphatic rings. The van der Waals surface area contributed by atoms with Gasteiger partial charge in [-0.2, -0.15) is 38.2 Å². The minimum Gasteiger partial charge on any atom is -0.343 e. The van der Waals surface area contributed by atoms with Crippen molar-refractivity contribution in [1.29, 1.82) is 0 Å². The summed E-state index contributed by atoms with van der Waals surface area (Å²) in [5.74, 6) is -1.22. The lowest BCUT2D eigenvalue weighted by Crippen LogP contribution is -2.30. The van der Waals surface area contributed by atoms with E-state index in [-0.39, 0.29) is 22.9 Å². The summed E-state index contributed by atoms with van der Waals surface area (Å²) in [7, 11) is -17.8. The first-order valence-corrected chi connectivity index (χ1v) is 22.8. The molecule has 0 bridgehead atoms. The van der Waals surface area contributed by atoms with Crippen LogP contribution >= 0.6 is 0 Å². The van der Waals surface area contributed by atoms with E-state index in [2.05, 4.69) is 0 Å². The number of anilines is 1. The highest BCUT2D eigenvalue weighted by molar-refractivity contribution is 7.86. The fraction of sp³-hybridized carbons (Fsp3) is 0.270. The Labute approximate surface area is 321 Å². The average Bonchev–Trinajstić information content (AvgIpc) is 3.42. The molecule has 3 aromatic carbocycles. The molecule has 0 saturated carbocycles. The van der Waals surface area contributed by atoms with Crippen molar-refractivity contribution in [3.05, 3.63) is 126 Å². The van der Waals surface area contributed by atoms with E-state index in [0.717, 1.165) is 5.56 Å². The second-order valence-corrected chi connectivity index (χ2v) is 20.1. The topological polar surface area (TPSA) is 224 Å². The molecule has 5 rings (SSSR count). The summed E-state index contributed by atoms with van der Waals surface area (Å²) in [6.07, 6.45) is 10.5. The maximum atomic E-state index is 12.0. The largest absolute Gasteiger partial charge is 0.343 e. The highest BCUT2D eigenvalue weighted by atomic mass is 32.2. The zero-order chi connectivity index (χ0) is 40.8. The molecule has 55 heavy (non-hydrogen) atoms. The van der Waals surface area contributed by atoms with Gasteiger partial charge in [-0.1, -0.05) is 68.5 Å². The van der Waals surface area contributed by atoms with Crippen molar-refractivity contribution in [2.45, 2.75) is 48.3 Å². The molecule has 4 N–H and O–H groups in total. The second kappa shape index (κ2) is 15.0. The van der Waals surface area contributed by atoms with Crippen molar-refractivity contribution in [2.24, 2.45) is 0 Å². The molecule has 0 unspecified atom stereocenters. The molecule has 2 aliphatic heterocycles. The Bertz CT molecular complexity index is 2640. The number of benzene rings is 3. The van der Waals surface area contributed by atoms with Gasteiger partial charge in [0.25, 0.3) is 40.5 Å². The van der Waals surface area contributed by atoms with Gasteiger partial charge >= 0.3 is 0 Å². The maximum Gasteiger partial charge on any atom is 0.294 e. The number of allylic oxidation sites excluding steroid dienone is 8. The number of hydrogen-bond donors (Lipinski definition) is 4. The summed E-state index contributed by atoms with van der Waals surface area (Å²) < 4.78 is 135. The Hall–Kier alpha value is -4.27. The average molecular weight is 834 g/mol. The van der Waals surface area contributed by atoms with Gasteiger partial charge in [-0.05, 0) is 67.0 Å². The summed E-state index contributed by atoms with van der Waals surface area (Å²) in [6.45, 7) is 6.95. The van der Waals surface area contributed by atoms with E-state index in [1.807, 2.05) is 58.0 Å². The third-order valence-corrected chi connectivity index (χ3v) is 12.7. The molecule has 18 heteroatoms. The number of rotatable bonds is 13. The molecule has 3 aromatic rings. The van der Waals surface area contributed by atoms with E-state index in [1.165, 1.54) is 36.4 Å².